The van der Waals surface area contributed by atoms with Gasteiger partial charge in [0.05, 0.1) is 11.3 Å². The van der Waals surface area contributed by atoms with E-state index in [1.807, 2.05) is 18.3 Å². The van der Waals surface area contributed by atoms with E-state index >= 15 is 0 Å². The Morgan fingerprint density at radius 3 is 2.45 bits per heavy atom. The number of nitrogens with zero attached hydrogens (tertiary/aromatic N) is 3. The van der Waals surface area contributed by atoms with Gasteiger partial charge in [0.2, 0.25) is 0 Å². The van der Waals surface area contributed by atoms with E-state index in [9.17, 15) is 32.0 Å². The lowest BCUT2D eigenvalue weighted by Crippen LogP contribution is -2.43. The normalized spacial score (nSPS) is 17.4. The molecule has 31 heavy (non-hydrogen) atoms. The van der Waals surface area contributed by atoms with Crippen LogP contribution in [0.3, 0.4) is 0 Å². The molecule has 1 aliphatic heterocycles. The minimum atomic E-state index is -4.66. The first-order chi connectivity index (χ1) is 14.5. The van der Waals surface area contributed by atoms with Crippen LogP contribution in [0.2, 0.25) is 0 Å². The number of nitriles is 1. The number of pyridine rings is 1. The van der Waals surface area contributed by atoms with Crippen LogP contribution in [-0.2, 0) is 0 Å². The molecule has 1 amide bonds. The van der Waals surface area contributed by atoms with Gasteiger partial charge in [-0.25, -0.2) is 13.8 Å². The van der Waals surface area contributed by atoms with E-state index < -0.39 is 29.8 Å². The van der Waals surface area contributed by atoms with Crippen molar-refractivity contribution in [2.45, 2.75) is 32.5 Å². The third-order valence-electron chi connectivity index (χ3n) is 5.13. The summed E-state index contributed by atoms with van der Waals surface area (Å²) in [6, 6.07) is 2.35. The maximum Gasteiger partial charge on any atom is 0.408 e. The number of carbonyl (C=O) groups is 1. The third kappa shape index (κ3) is 4.76. The molecule has 0 unspecified atom stereocenters. The van der Waals surface area contributed by atoms with Crippen LogP contribution in [0.4, 0.5) is 27.6 Å². The number of aromatic nitrogens is 1. The average Bonchev–Trinajstić information content (AvgIpc) is 3.11. The van der Waals surface area contributed by atoms with Gasteiger partial charge in [0.25, 0.3) is 5.91 Å². The maximum atomic E-state index is 13.9. The van der Waals surface area contributed by atoms with E-state index in [1.54, 1.807) is 4.90 Å². The van der Waals surface area contributed by atoms with Gasteiger partial charge in [0.15, 0.2) is 0 Å². The molecule has 0 saturated carbocycles. The number of hydrogen-bond acceptors (Lipinski definition) is 4. The molecule has 1 aromatic carbocycles. The fourth-order valence-electron chi connectivity index (χ4n) is 3.55. The number of alkyl halides is 3. The van der Waals surface area contributed by atoms with Crippen molar-refractivity contribution < 1.29 is 26.7 Å². The number of nitrogens with one attached hydrogen (secondary N) is 1. The Morgan fingerprint density at radius 1 is 1.29 bits per heavy atom. The van der Waals surface area contributed by atoms with Crippen LogP contribution in [-0.4, -0.2) is 36.2 Å². The van der Waals surface area contributed by atoms with Gasteiger partial charge < -0.3 is 10.2 Å². The van der Waals surface area contributed by atoms with Crippen molar-refractivity contribution >= 4 is 11.6 Å². The van der Waals surface area contributed by atoms with Crippen molar-refractivity contribution in [3.05, 3.63) is 47.3 Å². The second-order valence-corrected chi connectivity index (χ2v) is 7.59. The largest absolute Gasteiger partial charge is 0.408 e. The quantitative estimate of drug-likeness (QED) is 0.718. The SMILES string of the molecule is C[C@@H]1CCN(c2c(C(=O)N[C@@H](C)C(F)(F)F)cnc(C#N)c2-c2cc(F)cc(F)c2)C1. The summed E-state index contributed by atoms with van der Waals surface area (Å²) in [4.78, 5) is 18.4. The average molecular weight is 438 g/mol. The molecule has 3 rings (SSSR count). The maximum absolute atomic E-state index is 13.9. The number of carbonyl (C=O) groups excluding carboxylic acids is 1. The van der Waals surface area contributed by atoms with E-state index in [0.29, 0.717) is 19.2 Å². The fraction of sp³-hybridized carbons (Fsp3) is 0.381. The van der Waals surface area contributed by atoms with E-state index in [-0.39, 0.29) is 34.0 Å². The van der Waals surface area contributed by atoms with Gasteiger partial charge in [-0.3, -0.25) is 4.79 Å². The Bertz CT molecular complexity index is 1030. The first-order valence-corrected chi connectivity index (χ1v) is 9.53. The molecule has 0 spiro atoms. The van der Waals surface area contributed by atoms with Crippen LogP contribution >= 0.6 is 0 Å². The van der Waals surface area contributed by atoms with Crippen molar-refractivity contribution in [1.82, 2.24) is 10.3 Å². The Kier molecular flexibility index (Phi) is 6.15. The van der Waals surface area contributed by atoms with Crippen LogP contribution in [0.1, 0.15) is 36.3 Å². The van der Waals surface area contributed by atoms with Crippen LogP contribution in [0.15, 0.2) is 24.4 Å². The van der Waals surface area contributed by atoms with Gasteiger partial charge in [-0.1, -0.05) is 6.92 Å². The molecule has 1 N–H and O–H groups in total. The minimum Gasteiger partial charge on any atom is -0.370 e. The molecular weight excluding hydrogens is 419 g/mol. The van der Waals surface area contributed by atoms with Gasteiger partial charge in [0.1, 0.15) is 29.4 Å². The van der Waals surface area contributed by atoms with Crippen LogP contribution in [0, 0.1) is 28.9 Å². The molecule has 0 aliphatic carbocycles. The van der Waals surface area contributed by atoms with Crippen molar-refractivity contribution in [3.8, 4) is 17.2 Å². The van der Waals surface area contributed by atoms with Crippen LogP contribution in [0.25, 0.3) is 11.1 Å². The zero-order valence-corrected chi connectivity index (χ0v) is 16.7. The second-order valence-electron chi connectivity index (χ2n) is 7.59. The minimum absolute atomic E-state index is 0.00214. The summed E-state index contributed by atoms with van der Waals surface area (Å²) in [6.45, 7) is 3.67. The highest BCUT2D eigenvalue weighted by molar-refractivity contribution is 6.04. The number of rotatable bonds is 4. The molecule has 2 aromatic rings. The van der Waals surface area contributed by atoms with Crippen molar-refractivity contribution in [3.63, 3.8) is 0 Å². The van der Waals surface area contributed by atoms with E-state index in [1.165, 1.54) is 0 Å². The fourth-order valence-corrected chi connectivity index (χ4v) is 3.55. The summed E-state index contributed by atoms with van der Waals surface area (Å²) >= 11 is 0. The molecule has 2 heterocycles. The first-order valence-electron chi connectivity index (χ1n) is 9.53. The van der Waals surface area contributed by atoms with Crippen LogP contribution in [0.5, 0.6) is 0 Å². The Balaban J connectivity index is 2.22. The molecular formula is C21H19F5N4O. The Labute approximate surface area is 175 Å². The van der Waals surface area contributed by atoms with Gasteiger partial charge in [-0.2, -0.15) is 18.4 Å². The predicted octanol–water partition coefficient (Wildman–Crippen LogP) is 4.43. The Hall–Kier alpha value is -3.22. The van der Waals surface area contributed by atoms with Crippen LogP contribution < -0.4 is 10.2 Å². The number of halogens is 5. The molecule has 2 atom stereocenters. The number of benzene rings is 1. The monoisotopic (exact) mass is 438 g/mol. The lowest BCUT2D eigenvalue weighted by atomic mass is 9.97. The standard InChI is InChI=1S/C21H19F5N4O/c1-11-3-4-30(10-11)19-16(20(31)29-12(2)21(24,25)26)9-28-17(8-27)18(19)13-5-14(22)7-15(23)6-13/h5-7,9,11-12H,3-4,10H2,1-2H3,(H,29,31)/t11-,12+/m1/s1. The molecule has 1 saturated heterocycles. The highest BCUT2D eigenvalue weighted by Gasteiger charge is 2.38. The predicted molar refractivity (Wildman–Crippen MR) is 103 cm³/mol. The zero-order valence-electron chi connectivity index (χ0n) is 16.7. The smallest absolute Gasteiger partial charge is 0.370 e. The highest BCUT2D eigenvalue weighted by atomic mass is 19.4. The molecule has 1 fully saturated rings. The molecule has 164 valence electrons. The first kappa shape index (κ1) is 22.5. The third-order valence-corrected chi connectivity index (χ3v) is 5.13. The highest BCUT2D eigenvalue weighted by Crippen LogP contribution is 2.39. The molecule has 1 aromatic heterocycles. The summed E-state index contributed by atoms with van der Waals surface area (Å²) in [5.41, 5.74) is -0.298. The summed E-state index contributed by atoms with van der Waals surface area (Å²) in [5, 5.41) is 11.4. The summed E-state index contributed by atoms with van der Waals surface area (Å²) in [6.07, 6.45) is -2.90. The summed E-state index contributed by atoms with van der Waals surface area (Å²) in [7, 11) is 0. The Morgan fingerprint density at radius 2 is 1.94 bits per heavy atom. The van der Waals surface area contributed by atoms with Crippen molar-refractivity contribution in [2.24, 2.45) is 5.92 Å². The van der Waals surface area contributed by atoms with E-state index in [4.69, 9.17) is 0 Å². The molecule has 5 nitrogen and oxygen atoms in total. The van der Waals surface area contributed by atoms with Gasteiger partial charge in [0, 0.05) is 30.9 Å². The molecule has 0 bridgehead atoms. The van der Waals surface area contributed by atoms with Crippen molar-refractivity contribution in [1.29, 1.82) is 5.26 Å². The van der Waals surface area contributed by atoms with E-state index in [2.05, 4.69) is 4.98 Å². The second kappa shape index (κ2) is 8.49. The lowest BCUT2D eigenvalue weighted by Gasteiger charge is -2.26. The summed E-state index contributed by atoms with van der Waals surface area (Å²) < 4.78 is 66.7. The zero-order chi connectivity index (χ0) is 22.9. The number of amides is 1. The van der Waals surface area contributed by atoms with Gasteiger partial charge in [-0.05, 0) is 37.0 Å². The van der Waals surface area contributed by atoms with Gasteiger partial charge >= 0.3 is 6.18 Å². The number of hydrogen-bond donors (Lipinski definition) is 1. The molecule has 0 radical (unpaired) electrons. The topological polar surface area (TPSA) is 69.0 Å². The molecule has 1 aliphatic rings. The summed E-state index contributed by atoms with van der Waals surface area (Å²) in [5.74, 6) is -2.64. The lowest BCUT2D eigenvalue weighted by molar-refractivity contribution is -0.149. The number of anilines is 1. The van der Waals surface area contributed by atoms with E-state index in [0.717, 1.165) is 31.7 Å². The van der Waals surface area contributed by atoms with Crippen molar-refractivity contribution in [2.75, 3.05) is 18.0 Å². The molecule has 10 heteroatoms. The van der Waals surface area contributed by atoms with Gasteiger partial charge in [-0.15, -0.1) is 0 Å².